The number of aryl methyl sites for hydroxylation is 1. The van der Waals surface area contributed by atoms with E-state index in [0.29, 0.717) is 5.69 Å². The fourth-order valence-corrected chi connectivity index (χ4v) is 4.21. The van der Waals surface area contributed by atoms with E-state index in [1.54, 1.807) is 11.8 Å². The van der Waals surface area contributed by atoms with Crippen LogP contribution in [0.5, 0.6) is 0 Å². The number of rotatable bonds is 4. The quantitative estimate of drug-likeness (QED) is 0.479. The molecule has 0 bridgehead atoms. The van der Waals surface area contributed by atoms with Crippen molar-refractivity contribution in [3.05, 3.63) is 59.2 Å². The second kappa shape index (κ2) is 8.22. The van der Waals surface area contributed by atoms with Crippen molar-refractivity contribution in [1.29, 1.82) is 0 Å². The molecular formula is C19H18Cl3NOS. The van der Waals surface area contributed by atoms with Gasteiger partial charge in [-0.1, -0.05) is 65.1 Å². The molecule has 0 fully saturated rings. The van der Waals surface area contributed by atoms with E-state index in [9.17, 15) is 4.79 Å². The van der Waals surface area contributed by atoms with E-state index in [-0.39, 0.29) is 0 Å². The number of amides is 1. The van der Waals surface area contributed by atoms with Crippen LogP contribution < -0.4 is 5.32 Å². The van der Waals surface area contributed by atoms with Gasteiger partial charge in [0, 0.05) is 10.6 Å². The lowest BCUT2D eigenvalue weighted by Crippen LogP contribution is -2.27. The number of nitrogens with one attached hydrogen (secondary N) is 1. The SMILES string of the molecule is O=C(Nc1ccccc1SCc1cccc2c1CCCC2)C(Cl)(Cl)Cl. The molecular weight excluding hydrogens is 397 g/mol. The van der Waals surface area contributed by atoms with E-state index >= 15 is 0 Å². The Balaban J connectivity index is 1.75. The number of thioether (sulfide) groups is 1. The van der Waals surface area contributed by atoms with Gasteiger partial charge in [0.25, 0.3) is 9.70 Å². The van der Waals surface area contributed by atoms with Crippen LogP contribution >= 0.6 is 46.6 Å². The third-order valence-electron chi connectivity index (χ3n) is 4.27. The van der Waals surface area contributed by atoms with E-state index in [4.69, 9.17) is 34.8 Å². The molecule has 0 heterocycles. The Labute approximate surface area is 167 Å². The largest absolute Gasteiger partial charge is 0.321 e. The van der Waals surface area contributed by atoms with Crippen molar-refractivity contribution in [3.63, 3.8) is 0 Å². The fourth-order valence-electron chi connectivity index (χ4n) is 3.04. The summed E-state index contributed by atoms with van der Waals surface area (Å²) in [6.45, 7) is 0. The molecule has 0 saturated heterocycles. The van der Waals surface area contributed by atoms with Crippen LogP contribution in [0.25, 0.3) is 0 Å². The predicted octanol–water partition coefficient (Wildman–Crippen LogP) is 6.17. The van der Waals surface area contributed by atoms with Crippen molar-refractivity contribution in [2.75, 3.05) is 5.32 Å². The zero-order valence-corrected chi connectivity index (χ0v) is 16.6. The first-order valence-corrected chi connectivity index (χ1v) is 10.3. The van der Waals surface area contributed by atoms with Crippen LogP contribution in [0.15, 0.2) is 47.4 Å². The van der Waals surface area contributed by atoms with Gasteiger partial charge in [0.2, 0.25) is 0 Å². The van der Waals surface area contributed by atoms with Crippen molar-refractivity contribution in [3.8, 4) is 0 Å². The highest BCUT2D eigenvalue weighted by Crippen LogP contribution is 2.34. The maximum atomic E-state index is 11.9. The molecule has 1 N–H and O–H groups in total. The van der Waals surface area contributed by atoms with Gasteiger partial charge in [0.15, 0.2) is 0 Å². The first-order chi connectivity index (χ1) is 11.9. The average Bonchev–Trinajstić information content (AvgIpc) is 2.60. The minimum Gasteiger partial charge on any atom is -0.321 e. The number of carbonyl (C=O) groups is 1. The predicted molar refractivity (Wildman–Crippen MR) is 108 cm³/mol. The Morgan fingerprint density at radius 1 is 1.04 bits per heavy atom. The van der Waals surface area contributed by atoms with Crippen molar-refractivity contribution < 1.29 is 4.79 Å². The first-order valence-electron chi connectivity index (χ1n) is 8.15. The Bertz CT molecular complexity index is 774. The van der Waals surface area contributed by atoms with Crippen LogP contribution in [-0.4, -0.2) is 9.70 Å². The van der Waals surface area contributed by atoms with Crippen LogP contribution in [0.1, 0.15) is 29.5 Å². The highest BCUT2D eigenvalue weighted by atomic mass is 35.6. The van der Waals surface area contributed by atoms with E-state index < -0.39 is 9.70 Å². The zero-order chi connectivity index (χ0) is 17.9. The summed E-state index contributed by atoms with van der Waals surface area (Å²) in [7, 11) is 0. The lowest BCUT2D eigenvalue weighted by molar-refractivity contribution is -0.115. The molecule has 0 aromatic heterocycles. The van der Waals surface area contributed by atoms with Gasteiger partial charge in [-0.05, 0) is 54.5 Å². The molecule has 1 aliphatic rings. The monoisotopic (exact) mass is 413 g/mol. The minimum absolute atomic E-state index is 0.650. The number of hydrogen-bond acceptors (Lipinski definition) is 2. The number of alkyl halides is 3. The van der Waals surface area contributed by atoms with Gasteiger partial charge in [0.1, 0.15) is 0 Å². The molecule has 0 atom stereocenters. The molecule has 2 aromatic rings. The number of para-hydroxylation sites is 1. The Morgan fingerprint density at radius 2 is 1.80 bits per heavy atom. The summed E-state index contributed by atoms with van der Waals surface area (Å²) < 4.78 is -1.98. The van der Waals surface area contributed by atoms with Crippen molar-refractivity contribution >= 4 is 58.2 Å². The number of halogens is 3. The van der Waals surface area contributed by atoms with E-state index in [1.165, 1.54) is 36.0 Å². The van der Waals surface area contributed by atoms with E-state index in [0.717, 1.165) is 17.1 Å². The molecule has 25 heavy (non-hydrogen) atoms. The van der Waals surface area contributed by atoms with Gasteiger partial charge >= 0.3 is 0 Å². The summed E-state index contributed by atoms with van der Waals surface area (Å²) in [5.41, 5.74) is 4.99. The molecule has 2 aromatic carbocycles. The molecule has 0 spiro atoms. The molecule has 1 aliphatic carbocycles. The van der Waals surface area contributed by atoms with Gasteiger partial charge in [-0.15, -0.1) is 11.8 Å². The molecule has 132 valence electrons. The van der Waals surface area contributed by atoms with Crippen molar-refractivity contribution in [2.24, 2.45) is 0 Å². The second-order valence-electron chi connectivity index (χ2n) is 6.00. The average molecular weight is 415 g/mol. The van der Waals surface area contributed by atoms with Gasteiger partial charge in [-0.25, -0.2) is 0 Å². The lowest BCUT2D eigenvalue weighted by Gasteiger charge is -2.19. The third kappa shape index (κ3) is 4.85. The first kappa shape index (κ1) is 18.9. The Hall–Kier alpha value is -0.870. The number of fused-ring (bicyclic) bond motifs is 1. The molecule has 0 radical (unpaired) electrons. The van der Waals surface area contributed by atoms with Gasteiger partial charge in [0.05, 0.1) is 5.69 Å². The number of hydrogen-bond donors (Lipinski definition) is 1. The normalized spacial score (nSPS) is 14.0. The summed E-state index contributed by atoms with van der Waals surface area (Å²) in [5.74, 6) is 0.201. The van der Waals surface area contributed by atoms with Crippen LogP contribution in [0.4, 0.5) is 5.69 Å². The van der Waals surface area contributed by atoms with Crippen LogP contribution in [0.2, 0.25) is 0 Å². The highest BCUT2D eigenvalue weighted by molar-refractivity contribution is 7.98. The fraction of sp³-hybridized carbons (Fsp3) is 0.316. The smallest absolute Gasteiger partial charge is 0.276 e. The van der Waals surface area contributed by atoms with E-state index in [1.807, 2.05) is 24.3 Å². The van der Waals surface area contributed by atoms with Crippen LogP contribution in [-0.2, 0) is 23.4 Å². The maximum absolute atomic E-state index is 11.9. The third-order valence-corrected chi connectivity index (χ3v) is 5.91. The van der Waals surface area contributed by atoms with Crippen molar-refractivity contribution in [2.45, 2.75) is 40.1 Å². The van der Waals surface area contributed by atoms with E-state index in [2.05, 4.69) is 23.5 Å². The van der Waals surface area contributed by atoms with Crippen LogP contribution in [0.3, 0.4) is 0 Å². The molecule has 0 unspecified atom stereocenters. The maximum Gasteiger partial charge on any atom is 0.276 e. The van der Waals surface area contributed by atoms with Gasteiger partial charge in [-0.3, -0.25) is 4.79 Å². The minimum atomic E-state index is -1.98. The number of carbonyl (C=O) groups excluding carboxylic acids is 1. The molecule has 0 aliphatic heterocycles. The summed E-state index contributed by atoms with van der Waals surface area (Å²) in [6, 6.07) is 14.1. The number of anilines is 1. The van der Waals surface area contributed by atoms with Gasteiger partial charge < -0.3 is 5.32 Å². The molecule has 0 saturated carbocycles. The standard InChI is InChI=1S/C19H18Cl3NOS/c20-19(21,22)18(24)23-16-10-3-4-11-17(16)25-12-14-8-5-7-13-6-1-2-9-15(13)14/h3-5,7-8,10-11H,1-2,6,9,12H2,(H,23,24). The number of benzene rings is 2. The molecule has 2 nitrogen and oxygen atoms in total. The topological polar surface area (TPSA) is 29.1 Å². The summed E-state index contributed by atoms with van der Waals surface area (Å²) >= 11 is 18.6. The Kier molecular flexibility index (Phi) is 6.21. The summed E-state index contributed by atoms with van der Waals surface area (Å²) in [6.07, 6.45) is 4.85. The molecule has 3 rings (SSSR count). The molecule has 1 amide bonds. The summed E-state index contributed by atoms with van der Waals surface area (Å²) in [5, 5.41) is 2.69. The highest BCUT2D eigenvalue weighted by Gasteiger charge is 2.31. The second-order valence-corrected chi connectivity index (χ2v) is 9.30. The Morgan fingerprint density at radius 3 is 2.60 bits per heavy atom. The molecule has 6 heteroatoms. The zero-order valence-electron chi connectivity index (χ0n) is 13.5. The van der Waals surface area contributed by atoms with Gasteiger partial charge in [-0.2, -0.15) is 0 Å². The summed E-state index contributed by atoms with van der Waals surface area (Å²) in [4.78, 5) is 12.9. The lowest BCUT2D eigenvalue weighted by atomic mass is 9.89. The van der Waals surface area contributed by atoms with Crippen LogP contribution in [0, 0.1) is 0 Å². The van der Waals surface area contributed by atoms with Crippen molar-refractivity contribution in [1.82, 2.24) is 0 Å².